The lowest BCUT2D eigenvalue weighted by atomic mass is 10.0. The van der Waals surface area contributed by atoms with Gasteiger partial charge in [-0.3, -0.25) is 0 Å². The van der Waals surface area contributed by atoms with Crippen LogP contribution in [0.15, 0.2) is 41.4 Å². The highest BCUT2D eigenvalue weighted by atomic mass is 32.1. The first kappa shape index (κ1) is 8.06. The van der Waals surface area contributed by atoms with Crippen LogP contribution in [0.3, 0.4) is 0 Å². The third-order valence-corrected chi connectivity index (χ3v) is 2.80. The summed E-state index contributed by atoms with van der Waals surface area (Å²) in [6, 6.07) is 12.7. The van der Waals surface area contributed by atoms with Crippen molar-refractivity contribution >= 4 is 34.1 Å². The van der Waals surface area contributed by atoms with Gasteiger partial charge in [-0.05, 0) is 28.5 Å². The van der Waals surface area contributed by atoms with E-state index in [-0.39, 0.29) is 0 Å². The topological polar surface area (TPSA) is 12.4 Å². The molecule has 0 saturated carbocycles. The van der Waals surface area contributed by atoms with E-state index in [0.29, 0.717) is 0 Å². The van der Waals surface area contributed by atoms with Crippen molar-refractivity contribution in [1.82, 2.24) is 0 Å². The Hall–Kier alpha value is -1.28. The van der Waals surface area contributed by atoms with Gasteiger partial charge < -0.3 is 0 Å². The molecule has 68 valence electrons. The molecule has 0 saturated heterocycles. The van der Waals surface area contributed by atoms with Gasteiger partial charge in [0.1, 0.15) is 0 Å². The first-order valence-corrected chi connectivity index (χ1v) is 5.06. The minimum absolute atomic E-state index is 0.878. The molecular weight excluding hydrogens is 190 g/mol. The van der Waals surface area contributed by atoms with Crippen LogP contribution in [-0.4, -0.2) is 5.04 Å². The van der Waals surface area contributed by atoms with E-state index >= 15 is 0 Å². The molecule has 14 heavy (non-hydrogen) atoms. The van der Waals surface area contributed by atoms with Crippen LogP contribution in [-0.2, 0) is 6.42 Å². The fourth-order valence-corrected chi connectivity index (χ4v) is 2.15. The Kier molecular flexibility index (Phi) is 1.64. The SMILES string of the molecule is SC1=Nc2cc3ccccc3cc2C1. The summed E-state index contributed by atoms with van der Waals surface area (Å²) in [5.41, 5.74) is 2.36. The number of thiol groups is 1. The molecule has 0 N–H and O–H groups in total. The highest BCUT2D eigenvalue weighted by Gasteiger charge is 2.12. The van der Waals surface area contributed by atoms with Gasteiger partial charge in [0.05, 0.1) is 10.7 Å². The van der Waals surface area contributed by atoms with Crippen molar-refractivity contribution < 1.29 is 0 Å². The van der Waals surface area contributed by atoms with E-state index < -0.39 is 0 Å². The first-order valence-electron chi connectivity index (χ1n) is 4.61. The first-order chi connectivity index (χ1) is 6.83. The molecule has 1 heterocycles. The molecule has 0 fully saturated rings. The number of rotatable bonds is 0. The second kappa shape index (κ2) is 2.85. The van der Waals surface area contributed by atoms with Gasteiger partial charge in [-0.25, -0.2) is 4.99 Å². The van der Waals surface area contributed by atoms with E-state index in [9.17, 15) is 0 Å². The zero-order valence-corrected chi connectivity index (χ0v) is 8.46. The minimum Gasteiger partial charge on any atom is -0.246 e. The highest BCUT2D eigenvalue weighted by Crippen LogP contribution is 2.31. The predicted octanol–water partition coefficient (Wildman–Crippen LogP) is 3.36. The van der Waals surface area contributed by atoms with Crippen molar-refractivity contribution in [3.8, 4) is 0 Å². The lowest BCUT2D eigenvalue weighted by molar-refractivity contribution is 1.43. The number of benzene rings is 2. The molecule has 3 rings (SSSR count). The maximum absolute atomic E-state index is 4.38. The van der Waals surface area contributed by atoms with Crippen molar-refractivity contribution in [3.05, 3.63) is 42.0 Å². The Morgan fingerprint density at radius 2 is 1.79 bits per heavy atom. The molecule has 0 bridgehead atoms. The second-order valence-electron chi connectivity index (χ2n) is 3.53. The Balaban J connectivity index is 2.33. The van der Waals surface area contributed by atoms with Crippen molar-refractivity contribution in [2.45, 2.75) is 6.42 Å². The number of hydrogen-bond acceptors (Lipinski definition) is 1. The maximum Gasteiger partial charge on any atom is 0.0753 e. The summed E-state index contributed by atoms with van der Waals surface area (Å²) in [6.07, 6.45) is 0.878. The summed E-state index contributed by atoms with van der Waals surface area (Å²) < 4.78 is 0. The van der Waals surface area contributed by atoms with E-state index in [2.05, 4.69) is 54.0 Å². The Labute approximate surface area is 87.9 Å². The van der Waals surface area contributed by atoms with Crippen LogP contribution in [0.25, 0.3) is 10.8 Å². The van der Waals surface area contributed by atoms with Gasteiger partial charge in [0.2, 0.25) is 0 Å². The third-order valence-electron chi connectivity index (χ3n) is 2.55. The van der Waals surface area contributed by atoms with Gasteiger partial charge in [-0.15, -0.1) is 12.6 Å². The average Bonchev–Trinajstić information content (AvgIpc) is 2.53. The molecule has 0 spiro atoms. The molecule has 0 radical (unpaired) electrons. The van der Waals surface area contributed by atoms with Gasteiger partial charge in [-0.2, -0.15) is 0 Å². The standard InChI is InChI=1S/C12H9NS/c14-12-7-10-5-8-3-1-2-4-9(8)6-11(10)13-12/h1-6H,7H2,(H,13,14). The molecule has 0 aliphatic carbocycles. The summed E-state index contributed by atoms with van der Waals surface area (Å²) in [5.74, 6) is 0. The van der Waals surface area contributed by atoms with Crippen LogP contribution in [0.4, 0.5) is 5.69 Å². The van der Waals surface area contributed by atoms with E-state index in [1.807, 2.05) is 0 Å². The van der Waals surface area contributed by atoms with E-state index in [0.717, 1.165) is 17.2 Å². The smallest absolute Gasteiger partial charge is 0.0753 e. The maximum atomic E-state index is 4.38. The fourth-order valence-electron chi connectivity index (χ4n) is 1.87. The zero-order valence-electron chi connectivity index (χ0n) is 7.57. The number of fused-ring (bicyclic) bond motifs is 2. The average molecular weight is 199 g/mol. The van der Waals surface area contributed by atoms with Crippen LogP contribution in [0.5, 0.6) is 0 Å². The van der Waals surface area contributed by atoms with Crippen molar-refractivity contribution in [1.29, 1.82) is 0 Å². The number of nitrogens with zero attached hydrogens (tertiary/aromatic N) is 1. The molecule has 1 nitrogen and oxygen atoms in total. The molecule has 1 aliphatic rings. The normalized spacial score (nSPS) is 14.2. The molecule has 0 aromatic heterocycles. The molecular formula is C12H9NS. The van der Waals surface area contributed by atoms with Crippen molar-refractivity contribution in [2.24, 2.45) is 4.99 Å². The van der Waals surface area contributed by atoms with Gasteiger partial charge in [0.25, 0.3) is 0 Å². The molecule has 0 amide bonds. The molecule has 2 heteroatoms. The van der Waals surface area contributed by atoms with Crippen molar-refractivity contribution in [3.63, 3.8) is 0 Å². The zero-order chi connectivity index (χ0) is 9.54. The monoisotopic (exact) mass is 199 g/mol. The summed E-state index contributed by atoms with van der Waals surface area (Å²) in [4.78, 5) is 4.38. The summed E-state index contributed by atoms with van der Waals surface area (Å²) in [6.45, 7) is 0. The van der Waals surface area contributed by atoms with Gasteiger partial charge in [-0.1, -0.05) is 24.3 Å². The lowest BCUT2D eigenvalue weighted by Gasteiger charge is -2.00. The molecule has 0 unspecified atom stereocenters. The summed E-state index contributed by atoms with van der Waals surface area (Å²) in [5, 5.41) is 3.44. The van der Waals surface area contributed by atoms with Crippen LogP contribution >= 0.6 is 12.6 Å². The summed E-state index contributed by atoms with van der Waals surface area (Å²) >= 11 is 4.29. The lowest BCUT2D eigenvalue weighted by Crippen LogP contribution is -1.85. The molecule has 0 atom stereocenters. The Bertz CT molecular complexity index is 543. The van der Waals surface area contributed by atoms with E-state index in [1.54, 1.807) is 0 Å². The Morgan fingerprint density at radius 3 is 2.57 bits per heavy atom. The molecule has 2 aromatic carbocycles. The van der Waals surface area contributed by atoms with Gasteiger partial charge in [0, 0.05) is 6.42 Å². The minimum atomic E-state index is 0.878. The van der Waals surface area contributed by atoms with Crippen LogP contribution in [0, 0.1) is 0 Å². The van der Waals surface area contributed by atoms with Crippen LogP contribution in [0.1, 0.15) is 5.56 Å². The largest absolute Gasteiger partial charge is 0.246 e. The quantitative estimate of drug-likeness (QED) is 0.625. The Morgan fingerprint density at radius 1 is 1.07 bits per heavy atom. The fraction of sp³-hybridized carbons (Fsp3) is 0.0833. The number of aliphatic imine (C=N–C) groups is 1. The second-order valence-corrected chi connectivity index (χ2v) is 4.05. The van der Waals surface area contributed by atoms with Crippen molar-refractivity contribution in [2.75, 3.05) is 0 Å². The number of hydrogen-bond donors (Lipinski definition) is 1. The molecule has 1 aliphatic heterocycles. The van der Waals surface area contributed by atoms with Gasteiger partial charge in [0.15, 0.2) is 0 Å². The van der Waals surface area contributed by atoms with Crippen LogP contribution in [0.2, 0.25) is 0 Å². The predicted molar refractivity (Wildman–Crippen MR) is 63.7 cm³/mol. The highest BCUT2D eigenvalue weighted by molar-refractivity contribution is 7.97. The van der Waals surface area contributed by atoms with E-state index in [1.165, 1.54) is 16.3 Å². The van der Waals surface area contributed by atoms with Gasteiger partial charge >= 0.3 is 0 Å². The summed E-state index contributed by atoms with van der Waals surface area (Å²) in [7, 11) is 0. The third kappa shape index (κ3) is 1.15. The molecule has 2 aromatic rings. The van der Waals surface area contributed by atoms with E-state index in [4.69, 9.17) is 0 Å². The van der Waals surface area contributed by atoms with Crippen LogP contribution < -0.4 is 0 Å².